The van der Waals surface area contributed by atoms with Crippen LogP contribution in [0.3, 0.4) is 0 Å². The molecule has 1 saturated heterocycles. The average Bonchev–Trinajstić information content (AvgIpc) is 3.07. The third-order valence-corrected chi connectivity index (χ3v) is 6.54. The van der Waals surface area contributed by atoms with Crippen molar-refractivity contribution in [3.8, 4) is 5.75 Å². The highest BCUT2D eigenvalue weighted by molar-refractivity contribution is 8.18. The first-order valence-corrected chi connectivity index (χ1v) is 12.1. The van der Waals surface area contributed by atoms with Crippen LogP contribution in [0.2, 0.25) is 10.0 Å². The maximum absolute atomic E-state index is 12.9. The predicted molar refractivity (Wildman–Crippen MR) is 140 cm³/mol. The molecular weight excluding hydrogens is 507 g/mol. The Morgan fingerprint density at radius 1 is 1.06 bits per heavy atom. The fraction of sp³-hybridized carbons (Fsp3) is 0.115. The maximum atomic E-state index is 12.9. The van der Waals surface area contributed by atoms with Crippen LogP contribution in [0.1, 0.15) is 16.7 Å². The molecule has 1 heterocycles. The molecule has 178 valence electrons. The molecule has 0 bridgehead atoms. The highest BCUT2D eigenvalue weighted by Gasteiger charge is 2.35. The number of aryl methyl sites for hydroxylation is 1. The van der Waals surface area contributed by atoms with Crippen LogP contribution in [0.15, 0.2) is 71.6 Å². The predicted octanol–water partition coefficient (Wildman–Crippen LogP) is 6.56. The molecule has 1 N–H and O–H groups in total. The number of ether oxygens (including phenoxy) is 1. The van der Waals surface area contributed by atoms with Crippen molar-refractivity contribution in [3.63, 3.8) is 0 Å². The summed E-state index contributed by atoms with van der Waals surface area (Å²) in [5.41, 5.74) is 3.02. The molecule has 35 heavy (non-hydrogen) atoms. The number of benzene rings is 3. The van der Waals surface area contributed by atoms with Gasteiger partial charge in [0.2, 0.25) is 0 Å². The van der Waals surface area contributed by atoms with Crippen LogP contribution in [0.5, 0.6) is 5.75 Å². The van der Waals surface area contributed by atoms with E-state index in [0.717, 1.165) is 22.2 Å². The van der Waals surface area contributed by atoms with Gasteiger partial charge in [0, 0.05) is 15.7 Å². The number of amides is 3. The maximum Gasteiger partial charge on any atom is 0.293 e. The zero-order chi connectivity index (χ0) is 24.9. The molecule has 1 fully saturated rings. The van der Waals surface area contributed by atoms with Crippen molar-refractivity contribution in [2.75, 3.05) is 11.9 Å². The van der Waals surface area contributed by atoms with Crippen molar-refractivity contribution >= 4 is 63.8 Å². The Bertz CT molecular complexity index is 1340. The largest absolute Gasteiger partial charge is 0.484 e. The van der Waals surface area contributed by atoms with Crippen LogP contribution in [-0.2, 0) is 16.1 Å². The van der Waals surface area contributed by atoms with E-state index in [9.17, 15) is 14.4 Å². The number of nitrogens with one attached hydrogen (secondary N) is 1. The van der Waals surface area contributed by atoms with Crippen LogP contribution in [0.4, 0.5) is 10.5 Å². The van der Waals surface area contributed by atoms with Gasteiger partial charge < -0.3 is 10.1 Å². The lowest BCUT2D eigenvalue weighted by Gasteiger charge is -2.13. The molecule has 1 aliphatic heterocycles. The number of imide groups is 1. The summed E-state index contributed by atoms with van der Waals surface area (Å²) < 4.78 is 5.61. The minimum absolute atomic E-state index is 0.0528. The van der Waals surface area contributed by atoms with E-state index in [1.54, 1.807) is 54.6 Å². The molecule has 9 heteroatoms. The number of halogens is 2. The highest BCUT2D eigenvalue weighted by atomic mass is 35.5. The summed E-state index contributed by atoms with van der Waals surface area (Å²) in [5.74, 6) is -0.233. The second kappa shape index (κ2) is 11.0. The van der Waals surface area contributed by atoms with Crippen molar-refractivity contribution in [2.24, 2.45) is 0 Å². The number of rotatable bonds is 7. The van der Waals surface area contributed by atoms with E-state index in [0.29, 0.717) is 32.6 Å². The van der Waals surface area contributed by atoms with Gasteiger partial charge in [-0.3, -0.25) is 19.3 Å². The zero-order valence-electron chi connectivity index (χ0n) is 18.6. The molecule has 4 rings (SSSR count). The van der Waals surface area contributed by atoms with Gasteiger partial charge in [-0.2, -0.15) is 0 Å². The molecule has 0 saturated carbocycles. The molecule has 0 aliphatic carbocycles. The Morgan fingerprint density at radius 3 is 2.63 bits per heavy atom. The molecule has 3 aromatic rings. The summed E-state index contributed by atoms with van der Waals surface area (Å²) in [5, 5.41) is 3.26. The Balaban J connectivity index is 1.40. The van der Waals surface area contributed by atoms with Crippen molar-refractivity contribution in [3.05, 3.63) is 98.4 Å². The van der Waals surface area contributed by atoms with E-state index in [-0.39, 0.29) is 29.2 Å². The Morgan fingerprint density at radius 2 is 1.86 bits per heavy atom. The standard InChI is InChI=1S/C26H20Cl2N2O4S/c1-16-4-2-6-20(10-16)29-24(31)15-34-21-7-3-5-17(11-21)12-23-25(32)30(26(33)35-23)14-18-8-9-19(27)13-22(18)28/h2-13H,14-15H2,1H3,(H,29,31)/b23-12-. The third kappa shape index (κ3) is 6.45. The van der Waals surface area contributed by atoms with Crippen molar-refractivity contribution in [1.82, 2.24) is 4.90 Å². The van der Waals surface area contributed by atoms with E-state index in [2.05, 4.69) is 5.32 Å². The normalized spacial score (nSPS) is 14.5. The van der Waals surface area contributed by atoms with Crippen LogP contribution in [-0.4, -0.2) is 28.6 Å². The molecule has 0 atom stereocenters. The molecule has 0 radical (unpaired) electrons. The van der Waals surface area contributed by atoms with Gasteiger partial charge in [0.1, 0.15) is 5.75 Å². The van der Waals surface area contributed by atoms with Gasteiger partial charge in [0.15, 0.2) is 6.61 Å². The Hall–Kier alpha value is -3.26. The van der Waals surface area contributed by atoms with Crippen LogP contribution in [0.25, 0.3) is 6.08 Å². The Kier molecular flexibility index (Phi) is 7.80. The smallest absolute Gasteiger partial charge is 0.293 e. The van der Waals surface area contributed by atoms with Gasteiger partial charge in [0.05, 0.1) is 11.4 Å². The van der Waals surface area contributed by atoms with Crippen LogP contribution >= 0.6 is 35.0 Å². The molecule has 3 amide bonds. The van der Waals surface area contributed by atoms with Crippen molar-refractivity contribution in [2.45, 2.75) is 13.5 Å². The lowest BCUT2D eigenvalue weighted by molar-refractivity contribution is -0.123. The summed E-state index contributed by atoms with van der Waals surface area (Å²) >= 11 is 13.0. The second-order valence-electron chi connectivity index (χ2n) is 7.78. The first-order valence-electron chi connectivity index (χ1n) is 10.6. The minimum Gasteiger partial charge on any atom is -0.484 e. The monoisotopic (exact) mass is 526 g/mol. The number of nitrogens with zero attached hydrogens (tertiary/aromatic N) is 1. The minimum atomic E-state index is -0.408. The summed E-state index contributed by atoms with van der Waals surface area (Å²) in [4.78, 5) is 39.0. The summed E-state index contributed by atoms with van der Waals surface area (Å²) in [6, 6.07) is 19.3. The number of carbonyl (C=O) groups is 3. The summed E-state index contributed by atoms with van der Waals surface area (Å²) in [6.45, 7) is 1.83. The van der Waals surface area contributed by atoms with Crippen LogP contribution in [0, 0.1) is 6.92 Å². The van der Waals surface area contributed by atoms with Gasteiger partial charge >= 0.3 is 0 Å². The lowest BCUT2D eigenvalue weighted by atomic mass is 10.2. The van der Waals surface area contributed by atoms with Gasteiger partial charge in [-0.05, 0) is 77.9 Å². The van der Waals surface area contributed by atoms with E-state index in [1.165, 1.54) is 0 Å². The number of carbonyl (C=O) groups excluding carboxylic acids is 3. The first-order chi connectivity index (χ1) is 16.8. The van der Waals surface area contributed by atoms with E-state index >= 15 is 0 Å². The van der Waals surface area contributed by atoms with Crippen molar-refractivity contribution < 1.29 is 19.1 Å². The topological polar surface area (TPSA) is 75.7 Å². The summed E-state index contributed by atoms with van der Waals surface area (Å²) in [6.07, 6.45) is 1.62. The molecule has 0 aromatic heterocycles. The number of hydrogen-bond donors (Lipinski definition) is 1. The van der Waals surface area contributed by atoms with E-state index < -0.39 is 5.91 Å². The van der Waals surface area contributed by atoms with Gasteiger partial charge in [-0.25, -0.2) is 0 Å². The molecule has 0 unspecified atom stereocenters. The fourth-order valence-corrected chi connectivity index (χ4v) is 4.68. The first kappa shape index (κ1) is 24.9. The molecule has 0 spiro atoms. The molecule has 1 aliphatic rings. The van der Waals surface area contributed by atoms with E-state index in [1.807, 2.05) is 25.1 Å². The van der Waals surface area contributed by atoms with E-state index in [4.69, 9.17) is 27.9 Å². The van der Waals surface area contributed by atoms with Crippen molar-refractivity contribution in [1.29, 1.82) is 0 Å². The summed E-state index contributed by atoms with van der Waals surface area (Å²) in [7, 11) is 0. The van der Waals surface area contributed by atoms with Gasteiger partial charge in [-0.15, -0.1) is 0 Å². The fourth-order valence-electron chi connectivity index (χ4n) is 3.37. The molecule has 3 aromatic carbocycles. The SMILES string of the molecule is Cc1cccc(NC(=O)COc2cccc(/C=C3\SC(=O)N(Cc4ccc(Cl)cc4Cl)C3=O)c2)c1. The van der Waals surface area contributed by atoms with Gasteiger partial charge in [-0.1, -0.05) is 53.5 Å². The highest BCUT2D eigenvalue weighted by Crippen LogP contribution is 2.35. The number of anilines is 1. The average molecular weight is 527 g/mol. The quantitative estimate of drug-likeness (QED) is 0.353. The zero-order valence-corrected chi connectivity index (χ0v) is 20.9. The molecular formula is C26H20Cl2N2O4S. The lowest BCUT2D eigenvalue weighted by Crippen LogP contribution is -2.27. The van der Waals surface area contributed by atoms with Crippen LogP contribution < -0.4 is 10.1 Å². The number of thioether (sulfide) groups is 1. The third-order valence-electron chi connectivity index (χ3n) is 5.04. The second-order valence-corrected chi connectivity index (χ2v) is 9.62. The molecule has 6 nitrogen and oxygen atoms in total. The van der Waals surface area contributed by atoms with Gasteiger partial charge in [0.25, 0.3) is 17.1 Å². The Labute approximate surface area is 216 Å². The number of hydrogen-bond acceptors (Lipinski definition) is 5.